The average Bonchev–Trinajstić information content (AvgIpc) is 2.88. The van der Waals surface area contributed by atoms with Gasteiger partial charge >= 0.3 is 0 Å². The first-order valence-electron chi connectivity index (χ1n) is 8.31. The number of para-hydroxylation sites is 2. The van der Waals surface area contributed by atoms with Gasteiger partial charge in [0.1, 0.15) is 5.82 Å². The van der Waals surface area contributed by atoms with Crippen LogP contribution in [0.25, 0.3) is 11.0 Å². The van der Waals surface area contributed by atoms with Crippen LogP contribution in [0.5, 0.6) is 0 Å². The van der Waals surface area contributed by atoms with Crippen LogP contribution in [0.4, 0.5) is 0 Å². The minimum atomic E-state index is -0.0363. The first-order chi connectivity index (χ1) is 10.2. The van der Waals surface area contributed by atoms with Crippen molar-refractivity contribution in [3.8, 4) is 0 Å². The molecule has 1 aliphatic rings. The summed E-state index contributed by atoms with van der Waals surface area (Å²) in [5.41, 5.74) is 2.33. The van der Waals surface area contributed by atoms with E-state index in [-0.39, 0.29) is 5.38 Å². The molecule has 1 aromatic heterocycles. The number of alkyl halides is 1. The highest BCUT2D eigenvalue weighted by Crippen LogP contribution is 2.38. The van der Waals surface area contributed by atoms with E-state index in [1.165, 1.54) is 44.0 Å². The monoisotopic (exact) mass is 304 g/mol. The summed E-state index contributed by atoms with van der Waals surface area (Å²) in [4.78, 5) is 4.77. The Kier molecular flexibility index (Phi) is 4.54. The van der Waals surface area contributed by atoms with Gasteiger partial charge in [0.05, 0.1) is 16.4 Å². The van der Waals surface area contributed by atoms with Crippen LogP contribution in [0.1, 0.15) is 69.6 Å². The van der Waals surface area contributed by atoms with Crippen LogP contribution < -0.4 is 0 Å². The topological polar surface area (TPSA) is 17.8 Å². The van der Waals surface area contributed by atoms with Crippen molar-refractivity contribution in [3.05, 3.63) is 30.1 Å². The molecule has 1 atom stereocenters. The van der Waals surface area contributed by atoms with Gasteiger partial charge in [0.25, 0.3) is 0 Å². The molecule has 3 heteroatoms. The fraction of sp³-hybridized carbons (Fsp3) is 0.611. The third-order valence-corrected chi connectivity index (χ3v) is 5.05. The minimum Gasteiger partial charge on any atom is -0.324 e. The maximum absolute atomic E-state index is 6.39. The van der Waals surface area contributed by atoms with Gasteiger partial charge in [-0.05, 0) is 50.7 Å². The van der Waals surface area contributed by atoms with Crippen molar-refractivity contribution in [1.29, 1.82) is 0 Å². The molecule has 21 heavy (non-hydrogen) atoms. The summed E-state index contributed by atoms with van der Waals surface area (Å²) in [7, 11) is 0. The van der Waals surface area contributed by atoms with Crippen LogP contribution in [-0.2, 0) is 0 Å². The van der Waals surface area contributed by atoms with E-state index in [1.54, 1.807) is 0 Å². The van der Waals surface area contributed by atoms with Crippen LogP contribution >= 0.6 is 11.6 Å². The maximum Gasteiger partial charge on any atom is 0.127 e. The molecule has 0 N–H and O–H groups in total. The third-order valence-electron chi connectivity index (χ3n) is 4.86. The van der Waals surface area contributed by atoms with Gasteiger partial charge in [-0.15, -0.1) is 11.6 Å². The quantitative estimate of drug-likeness (QED) is 0.646. The van der Waals surface area contributed by atoms with Gasteiger partial charge in [-0.1, -0.05) is 31.9 Å². The largest absolute Gasteiger partial charge is 0.324 e. The molecule has 1 unspecified atom stereocenters. The highest BCUT2D eigenvalue weighted by molar-refractivity contribution is 6.20. The highest BCUT2D eigenvalue weighted by Gasteiger charge is 2.26. The Morgan fingerprint density at radius 2 is 1.95 bits per heavy atom. The molecule has 0 bridgehead atoms. The van der Waals surface area contributed by atoms with E-state index >= 15 is 0 Å². The van der Waals surface area contributed by atoms with Gasteiger partial charge in [-0.3, -0.25) is 0 Å². The number of aromatic nitrogens is 2. The molecule has 1 saturated carbocycles. The Balaban J connectivity index is 1.91. The Morgan fingerprint density at radius 1 is 1.24 bits per heavy atom. The zero-order valence-corrected chi connectivity index (χ0v) is 13.8. The molecule has 1 aromatic carbocycles. The fourth-order valence-corrected chi connectivity index (χ4v) is 3.98. The highest BCUT2D eigenvalue weighted by atomic mass is 35.5. The summed E-state index contributed by atoms with van der Waals surface area (Å²) in [5, 5.41) is -0.0363. The second-order valence-corrected chi connectivity index (χ2v) is 7.06. The van der Waals surface area contributed by atoms with Crippen molar-refractivity contribution in [2.24, 2.45) is 5.92 Å². The first kappa shape index (κ1) is 14.9. The van der Waals surface area contributed by atoms with Gasteiger partial charge in [-0.25, -0.2) is 4.98 Å². The Bertz CT molecular complexity index is 594. The molecule has 3 rings (SSSR count). The van der Waals surface area contributed by atoms with E-state index in [9.17, 15) is 0 Å². The number of imidazole rings is 1. The number of nitrogens with zero attached hydrogens (tertiary/aromatic N) is 2. The van der Waals surface area contributed by atoms with Gasteiger partial charge < -0.3 is 4.57 Å². The number of benzene rings is 1. The summed E-state index contributed by atoms with van der Waals surface area (Å²) in [6.45, 7) is 4.32. The second-order valence-electron chi connectivity index (χ2n) is 6.41. The standard InChI is InChI=1S/C18H25ClN2/c1-3-6-14-9-11-15(12-10-14)21-17-8-5-4-7-16(17)20-18(21)13(2)19/h4-5,7-8,13-15H,3,6,9-12H2,1-2H3. The molecular weight excluding hydrogens is 280 g/mol. The predicted molar refractivity (Wildman–Crippen MR) is 89.9 cm³/mol. The molecular formula is C18H25ClN2. The normalized spacial score (nSPS) is 24.3. The molecule has 1 heterocycles. The van der Waals surface area contributed by atoms with Crippen molar-refractivity contribution in [3.63, 3.8) is 0 Å². The van der Waals surface area contributed by atoms with Gasteiger partial charge in [0, 0.05) is 6.04 Å². The summed E-state index contributed by atoms with van der Waals surface area (Å²) < 4.78 is 2.43. The van der Waals surface area contributed by atoms with Gasteiger partial charge in [-0.2, -0.15) is 0 Å². The molecule has 0 saturated heterocycles. The summed E-state index contributed by atoms with van der Waals surface area (Å²) in [5.74, 6) is 1.97. The zero-order chi connectivity index (χ0) is 14.8. The minimum absolute atomic E-state index is 0.0363. The fourth-order valence-electron chi connectivity index (χ4n) is 3.83. The van der Waals surface area contributed by atoms with Gasteiger partial charge in [0.15, 0.2) is 0 Å². The molecule has 0 amide bonds. The summed E-state index contributed by atoms with van der Waals surface area (Å²) >= 11 is 6.39. The Morgan fingerprint density at radius 3 is 2.62 bits per heavy atom. The van der Waals surface area contributed by atoms with Crippen LogP contribution in [0.15, 0.2) is 24.3 Å². The molecule has 2 nitrogen and oxygen atoms in total. The average molecular weight is 305 g/mol. The van der Waals surface area contributed by atoms with Crippen LogP contribution in [0.2, 0.25) is 0 Å². The van der Waals surface area contributed by atoms with Crippen LogP contribution in [0.3, 0.4) is 0 Å². The number of hydrogen-bond acceptors (Lipinski definition) is 1. The van der Waals surface area contributed by atoms with Crippen LogP contribution in [-0.4, -0.2) is 9.55 Å². The van der Waals surface area contributed by atoms with E-state index in [4.69, 9.17) is 16.6 Å². The SMILES string of the molecule is CCCC1CCC(n2c(C(C)Cl)nc3ccccc32)CC1. The number of fused-ring (bicyclic) bond motifs is 1. The molecule has 1 fully saturated rings. The lowest BCUT2D eigenvalue weighted by Gasteiger charge is -2.31. The molecule has 1 aliphatic carbocycles. The van der Waals surface area contributed by atoms with E-state index < -0.39 is 0 Å². The van der Waals surface area contributed by atoms with Crippen molar-refractivity contribution in [2.75, 3.05) is 0 Å². The smallest absolute Gasteiger partial charge is 0.127 e. The second kappa shape index (κ2) is 6.39. The molecule has 0 spiro atoms. The first-order valence-corrected chi connectivity index (χ1v) is 8.75. The molecule has 0 aliphatic heterocycles. The lowest BCUT2D eigenvalue weighted by Crippen LogP contribution is -2.20. The van der Waals surface area contributed by atoms with E-state index in [2.05, 4.69) is 35.8 Å². The number of halogens is 1. The van der Waals surface area contributed by atoms with E-state index in [1.807, 2.05) is 6.92 Å². The Labute approximate surface area is 132 Å². The van der Waals surface area contributed by atoms with Crippen LogP contribution in [0, 0.1) is 5.92 Å². The lowest BCUT2D eigenvalue weighted by molar-refractivity contribution is 0.262. The lowest BCUT2D eigenvalue weighted by atomic mass is 9.83. The van der Waals surface area contributed by atoms with Crippen molar-refractivity contribution < 1.29 is 0 Å². The summed E-state index contributed by atoms with van der Waals surface area (Å²) in [6.07, 6.45) is 7.93. The van der Waals surface area contributed by atoms with Crippen molar-refractivity contribution >= 4 is 22.6 Å². The Hall–Kier alpha value is -1.02. The molecule has 114 valence electrons. The predicted octanol–water partition coefficient (Wildman–Crippen LogP) is 5.87. The molecule has 0 radical (unpaired) electrons. The summed E-state index contributed by atoms with van der Waals surface area (Å²) in [6, 6.07) is 9.01. The van der Waals surface area contributed by atoms with Crippen molar-refractivity contribution in [2.45, 2.75) is 63.8 Å². The van der Waals surface area contributed by atoms with E-state index in [0.717, 1.165) is 17.3 Å². The van der Waals surface area contributed by atoms with E-state index in [0.29, 0.717) is 6.04 Å². The zero-order valence-electron chi connectivity index (χ0n) is 13.1. The number of hydrogen-bond donors (Lipinski definition) is 0. The third kappa shape index (κ3) is 2.96. The number of rotatable bonds is 4. The van der Waals surface area contributed by atoms with Gasteiger partial charge in [0.2, 0.25) is 0 Å². The molecule has 2 aromatic rings. The maximum atomic E-state index is 6.39. The van der Waals surface area contributed by atoms with Crippen molar-refractivity contribution in [1.82, 2.24) is 9.55 Å².